The van der Waals surface area contributed by atoms with Gasteiger partial charge in [-0.1, -0.05) is 68.3 Å². The SMILES string of the molecule is Cc1ccc(C(C)(C)C)cc1-n1nccc1NC(=O)Nc1ccc(OCCC2CC[S+]([O-])C2)c2ccccc12. The zero-order valence-electron chi connectivity index (χ0n) is 23.0. The van der Waals surface area contributed by atoms with Crippen LogP contribution in [0.3, 0.4) is 0 Å². The maximum absolute atomic E-state index is 13.1. The van der Waals surface area contributed by atoms with Crippen molar-refractivity contribution in [3.63, 3.8) is 0 Å². The molecule has 0 aliphatic carbocycles. The number of rotatable bonds is 7. The Balaban J connectivity index is 1.30. The lowest BCUT2D eigenvalue weighted by Crippen LogP contribution is -2.22. The zero-order valence-corrected chi connectivity index (χ0v) is 23.8. The van der Waals surface area contributed by atoms with Gasteiger partial charge in [0, 0.05) is 22.8 Å². The molecule has 5 rings (SSSR count). The second kappa shape index (κ2) is 11.3. The van der Waals surface area contributed by atoms with Crippen molar-refractivity contribution in [1.82, 2.24) is 9.78 Å². The molecule has 4 aromatic rings. The Morgan fingerprint density at radius 1 is 1.10 bits per heavy atom. The maximum Gasteiger partial charge on any atom is 0.324 e. The molecule has 7 nitrogen and oxygen atoms in total. The Hall–Kier alpha value is -3.49. The van der Waals surface area contributed by atoms with E-state index in [-0.39, 0.29) is 11.4 Å². The maximum atomic E-state index is 13.1. The standard InChI is InChI=1S/C31H36N4O3S/c1-21-9-10-23(31(2,3)4)19-27(21)35-29(13-16-32-35)34-30(36)33-26-11-12-28(25-8-6-5-7-24(25)26)38-17-14-22-15-18-39(37)20-22/h5-13,16,19,22H,14-15,17-18,20H2,1-4H3,(H2,33,34,36). The third kappa shape index (κ3) is 6.23. The van der Waals surface area contributed by atoms with Crippen molar-refractivity contribution >= 4 is 39.5 Å². The third-order valence-corrected chi connectivity index (χ3v) is 8.81. The number of carbonyl (C=O) groups is 1. The van der Waals surface area contributed by atoms with Gasteiger partial charge in [-0.15, -0.1) is 0 Å². The molecule has 2 heterocycles. The van der Waals surface area contributed by atoms with Crippen molar-refractivity contribution in [2.24, 2.45) is 5.92 Å². The number of fused-ring (bicyclic) bond motifs is 1. The molecular formula is C31H36N4O3S. The molecule has 0 radical (unpaired) electrons. The molecule has 2 N–H and O–H groups in total. The number of amides is 2. The highest BCUT2D eigenvalue weighted by atomic mass is 32.2. The van der Waals surface area contributed by atoms with Crippen molar-refractivity contribution in [2.45, 2.75) is 46.0 Å². The van der Waals surface area contributed by atoms with Gasteiger partial charge in [0.1, 0.15) is 23.1 Å². The number of aryl methyl sites for hydroxylation is 1. The van der Waals surface area contributed by atoms with E-state index in [1.54, 1.807) is 16.9 Å². The van der Waals surface area contributed by atoms with E-state index in [2.05, 4.69) is 54.7 Å². The molecule has 1 aliphatic heterocycles. The molecule has 1 fully saturated rings. The highest BCUT2D eigenvalue weighted by Crippen LogP contribution is 2.33. The fourth-order valence-corrected chi connectivity index (χ4v) is 6.58. The molecule has 2 unspecified atom stereocenters. The van der Waals surface area contributed by atoms with Gasteiger partial charge in [0.05, 0.1) is 24.2 Å². The third-order valence-electron chi connectivity index (χ3n) is 7.28. The van der Waals surface area contributed by atoms with E-state index < -0.39 is 11.2 Å². The average molecular weight is 545 g/mol. The highest BCUT2D eigenvalue weighted by molar-refractivity contribution is 7.91. The van der Waals surface area contributed by atoms with Crippen LogP contribution in [-0.4, -0.2) is 38.5 Å². The Bertz CT molecular complexity index is 1480. The molecule has 3 aromatic carbocycles. The summed E-state index contributed by atoms with van der Waals surface area (Å²) >= 11 is -0.670. The minimum absolute atomic E-state index is 0.00566. The fraction of sp³-hybridized carbons (Fsp3) is 0.355. The van der Waals surface area contributed by atoms with Crippen LogP contribution in [0.5, 0.6) is 5.75 Å². The summed E-state index contributed by atoms with van der Waals surface area (Å²) in [6.45, 7) is 9.15. The lowest BCUT2D eigenvalue weighted by atomic mass is 9.86. The summed E-state index contributed by atoms with van der Waals surface area (Å²) in [4.78, 5) is 13.1. The minimum Gasteiger partial charge on any atom is -0.616 e. The summed E-state index contributed by atoms with van der Waals surface area (Å²) in [5, 5.41) is 12.3. The van der Waals surface area contributed by atoms with Crippen molar-refractivity contribution in [3.8, 4) is 11.4 Å². The van der Waals surface area contributed by atoms with Gasteiger partial charge in [0.25, 0.3) is 0 Å². The van der Waals surface area contributed by atoms with Gasteiger partial charge < -0.3 is 14.6 Å². The molecule has 1 aliphatic rings. The van der Waals surface area contributed by atoms with Crippen molar-refractivity contribution in [1.29, 1.82) is 0 Å². The van der Waals surface area contributed by atoms with E-state index in [9.17, 15) is 9.35 Å². The highest BCUT2D eigenvalue weighted by Gasteiger charge is 2.26. The molecule has 8 heteroatoms. The zero-order chi connectivity index (χ0) is 27.6. The molecule has 1 aromatic heterocycles. The smallest absolute Gasteiger partial charge is 0.324 e. The Morgan fingerprint density at radius 3 is 2.64 bits per heavy atom. The van der Waals surface area contributed by atoms with Gasteiger partial charge >= 0.3 is 6.03 Å². The Labute approximate surface area is 233 Å². The van der Waals surface area contributed by atoms with Gasteiger partial charge in [-0.3, -0.25) is 5.32 Å². The van der Waals surface area contributed by atoms with E-state index in [1.807, 2.05) is 43.3 Å². The molecule has 204 valence electrons. The van der Waals surface area contributed by atoms with E-state index in [4.69, 9.17) is 4.74 Å². The van der Waals surface area contributed by atoms with Crippen LogP contribution in [0.25, 0.3) is 16.5 Å². The van der Waals surface area contributed by atoms with Gasteiger partial charge in [0.2, 0.25) is 0 Å². The summed E-state index contributed by atoms with van der Waals surface area (Å²) in [5.74, 6) is 3.42. The number of urea groups is 1. The van der Waals surface area contributed by atoms with Crippen molar-refractivity contribution in [3.05, 3.63) is 78.0 Å². The fourth-order valence-electron chi connectivity index (χ4n) is 4.96. The molecule has 2 amide bonds. The van der Waals surface area contributed by atoms with Crippen LogP contribution < -0.4 is 15.4 Å². The van der Waals surface area contributed by atoms with Gasteiger partial charge in [-0.05, 0) is 54.5 Å². The predicted molar refractivity (Wildman–Crippen MR) is 160 cm³/mol. The molecular weight excluding hydrogens is 508 g/mol. The summed E-state index contributed by atoms with van der Waals surface area (Å²) < 4.78 is 19.6. The summed E-state index contributed by atoms with van der Waals surface area (Å²) in [5.41, 5.74) is 3.88. The first kappa shape index (κ1) is 27.1. The normalized spacial score (nSPS) is 17.4. The molecule has 39 heavy (non-hydrogen) atoms. The molecule has 0 saturated carbocycles. The first-order valence-electron chi connectivity index (χ1n) is 13.4. The Morgan fingerprint density at radius 2 is 1.90 bits per heavy atom. The number of carbonyl (C=O) groups excluding carboxylic acids is 1. The summed E-state index contributed by atoms with van der Waals surface area (Å²) in [6.07, 6.45) is 3.59. The summed E-state index contributed by atoms with van der Waals surface area (Å²) in [6, 6.07) is 19.4. The van der Waals surface area contributed by atoms with Crippen molar-refractivity contribution in [2.75, 3.05) is 28.7 Å². The van der Waals surface area contributed by atoms with Gasteiger partial charge in [-0.2, -0.15) is 5.10 Å². The van der Waals surface area contributed by atoms with Crippen LogP contribution in [-0.2, 0) is 16.6 Å². The van der Waals surface area contributed by atoms with Gasteiger partial charge in [-0.25, -0.2) is 9.48 Å². The number of benzene rings is 3. The lowest BCUT2D eigenvalue weighted by Gasteiger charge is -2.21. The van der Waals surface area contributed by atoms with Crippen LogP contribution in [0.2, 0.25) is 0 Å². The Kier molecular flexibility index (Phi) is 7.86. The molecule has 0 spiro atoms. The number of hydrogen-bond acceptors (Lipinski definition) is 4. The lowest BCUT2D eigenvalue weighted by molar-refractivity contribution is 0.262. The predicted octanol–water partition coefficient (Wildman–Crippen LogP) is 6.81. The van der Waals surface area contributed by atoms with E-state index in [0.717, 1.165) is 52.1 Å². The minimum atomic E-state index is -0.670. The molecule has 2 atom stereocenters. The van der Waals surface area contributed by atoms with Crippen LogP contribution in [0, 0.1) is 12.8 Å². The first-order valence-corrected chi connectivity index (χ1v) is 14.9. The summed E-state index contributed by atoms with van der Waals surface area (Å²) in [7, 11) is 0. The van der Waals surface area contributed by atoms with E-state index in [0.29, 0.717) is 24.0 Å². The van der Waals surface area contributed by atoms with Crippen molar-refractivity contribution < 1.29 is 14.1 Å². The van der Waals surface area contributed by atoms with Crippen LogP contribution >= 0.6 is 0 Å². The van der Waals surface area contributed by atoms with Crippen LogP contribution in [0.1, 0.15) is 44.7 Å². The number of anilines is 2. The number of nitrogens with zero attached hydrogens (tertiary/aromatic N) is 2. The number of nitrogens with one attached hydrogen (secondary N) is 2. The second-order valence-electron chi connectivity index (χ2n) is 11.2. The number of ether oxygens (including phenoxy) is 1. The first-order chi connectivity index (χ1) is 18.7. The van der Waals surface area contributed by atoms with E-state index in [1.165, 1.54) is 5.56 Å². The monoisotopic (exact) mass is 544 g/mol. The number of hydrogen-bond donors (Lipinski definition) is 2. The average Bonchev–Trinajstić information content (AvgIpc) is 3.53. The van der Waals surface area contributed by atoms with E-state index >= 15 is 0 Å². The van der Waals surface area contributed by atoms with Crippen LogP contribution in [0.15, 0.2) is 66.9 Å². The topological polar surface area (TPSA) is 91.2 Å². The van der Waals surface area contributed by atoms with Crippen LogP contribution in [0.4, 0.5) is 16.3 Å². The quantitative estimate of drug-likeness (QED) is 0.250. The largest absolute Gasteiger partial charge is 0.616 e. The second-order valence-corrected chi connectivity index (χ2v) is 12.8. The van der Waals surface area contributed by atoms with Gasteiger partial charge in [0.15, 0.2) is 0 Å². The number of aromatic nitrogens is 2. The molecule has 1 saturated heterocycles. The molecule has 0 bridgehead atoms.